The number of nitrogens with two attached hydrogens (primary N) is 1. The maximum absolute atomic E-state index is 13.1. The molecule has 0 fully saturated rings. The molecule has 3 N–H and O–H groups in total. The Bertz CT molecular complexity index is 1230. The second-order valence-electron chi connectivity index (χ2n) is 7.39. The second kappa shape index (κ2) is 9.24. The molecular weight excluding hydrogens is 412 g/mol. The Labute approximate surface area is 182 Å². The predicted octanol–water partition coefficient (Wildman–Crippen LogP) is 3.15. The lowest BCUT2D eigenvalue weighted by molar-refractivity contribution is 0.0942. The highest BCUT2D eigenvalue weighted by atomic mass is 32.2. The number of rotatable bonds is 7. The molecular formula is C24H24N2O4S. The predicted molar refractivity (Wildman–Crippen MR) is 120 cm³/mol. The van der Waals surface area contributed by atoms with E-state index >= 15 is 0 Å². The maximum Gasteiger partial charge on any atom is 0.252 e. The minimum Gasteiger partial charge on any atom is -0.352 e. The molecule has 0 bridgehead atoms. The summed E-state index contributed by atoms with van der Waals surface area (Å²) in [4.78, 5) is 25.9. The van der Waals surface area contributed by atoms with E-state index in [0.29, 0.717) is 29.7 Å². The molecule has 160 valence electrons. The van der Waals surface area contributed by atoms with Crippen LogP contribution >= 0.6 is 0 Å². The van der Waals surface area contributed by atoms with Gasteiger partial charge in [0.25, 0.3) is 5.91 Å². The van der Waals surface area contributed by atoms with Gasteiger partial charge < -0.3 is 5.32 Å². The number of sulfonamides is 1. The number of hydrogen-bond acceptors (Lipinski definition) is 4. The Hall–Kier alpha value is -3.29. The van der Waals surface area contributed by atoms with Gasteiger partial charge in [-0.1, -0.05) is 48.0 Å². The minimum absolute atomic E-state index is 0.0409. The molecule has 0 aliphatic rings. The van der Waals surface area contributed by atoms with E-state index in [0.717, 1.165) is 16.7 Å². The number of primary sulfonamides is 1. The molecule has 0 spiro atoms. The van der Waals surface area contributed by atoms with Gasteiger partial charge in [0, 0.05) is 17.7 Å². The third kappa shape index (κ3) is 5.45. The Kier molecular flexibility index (Phi) is 6.68. The van der Waals surface area contributed by atoms with E-state index in [4.69, 9.17) is 5.14 Å². The molecule has 7 heteroatoms. The van der Waals surface area contributed by atoms with E-state index in [1.165, 1.54) is 12.1 Å². The third-order valence-electron chi connectivity index (χ3n) is 5.01. The molecule has 0 aliphatic heterocycles. The van der Waals surface area contributed by atoms with Crippen LogP contribution in [0.3, 0.4) is 0 Å². The van der Waals surface area contributed by atoms with Crippen LogP contribution in [-0.2, 0) is 16.4 Å². The maximum atomic E-state index is 13.1. The molecule has 0 aliphatic carbocycles. The zero-order chi connectivity index (χ0) is 22.6. The number of hydrogen-bond donors (Lipinski definition) is 2. The van der Waals surface area contributed by atoms with Crippen molar-refractivity contribution >= 4 is 21.7 Å². The minimum atomic E-state index is -3.73. The molecule has 0 aromatic heterocycles. The van der Waals surface area contributed by atoms with Crippen LogP contribution < -0.4 is 10.5 Å². The molecule has 0 heterocycles. The van der Waals surface area contributed by atoms with Gasteiger partial charge in [-0.05, 0) is 55.7 Å². The highest BCUT2D eigenvalue weighted by Crippen LogP contribution is 2.19. The standard InChI is InChI=1S/C24H24N2O4S/c1-16-7-8-17(2)22(15-16)23(27)20-5-3-4-6-21(20)24(28)26-14-13-18-9-11-19(12-10-18)31(25,29)30/h3-12,15H,13-14H2,1-2H3,(H,26,28)(H2,25,29,30). The summed E-state index contributed by atoms with van der Waals surface area (Å²) >= 11 is 0. The highest BCUT2D eigenvalue weighted by molar-refractivity contribution is 7.89. The van der Waals surface area contributed by atoms with Gasteiger partial charge in [0.15, 0.2) is 5.78 Å². The third-order valence-corrected chi connectivity index (χ3v) is 5.93. The Morgan fingerprint density at radius 3 is 2.16 bits per heavy atom. The van der Waals surface area contributed by atoms with Crippen molar-refractivity contribution < 1.29 is 18.0 Å². The van der Waals surface area contributed by atoms with Gasteiger partial charge >= 0.3 is 0 Å². The van der Waals surface area contributed by atoms with Crippen LogP contribution in [-0.4, -0.2) is 26.7 Å². The fourth-order valence-electron chi connectivity index (χ4n) is 3.27. The van der Waals surface area contributed by atoms with Crippen molar-refractivity contribution in [1.82, 2.24) is 5.32 Å². The van der Waals surface area contributed by atoms with E-state index in [-0.39, 0.29) is 16.6 Å². The lowest BCUT2D eigenvalue weighted by atomic mass is 9.94. The van der Waals surface area contributed by atoms with Crippen LogP contribution in [0.1, 0.15) is 43.0 Å². The van der Waals surface area contributed by atoms with Crippen LogP contribution in [0.25, 0.3) is 0 Å². The smallest absolute Gasteiger partial charge is 0.252 e. The average molecular weight is 437 g/mol. The molecule has 0 saturated carbocycles. The number of aryl methyl sites for hydroxylation is 2. The number of amides is 1. The van der Waals surface area contributed by atoms with Gasteiger partial charge in [-0.25, -0.2) is 13.6 Å². The number of ketones is 1. The topological polar surface area (TPSA) is 106 Å². The molecule has 3 aromatic carbocycles. The Balaban J connectivity index is 1.72. The molecule has 0 radical (unpaired) electrons. The van der Waals surface area contributed by atoms with Crippen LogP contribution in [0.5, 0.6) is 0 Å². The number of carbonyl (C=O) groups excluding carboxylic acids is 2. The summed E-state index contributed by atoms with van der Waals surface area (Å²) in [6.45, 7) is 4.13. The second-order valence-corrected chi connectivity index (χ2v) is 8.95. The summed E-state index contributed by atoms with van der Waals surface area (Å²) in [5.41, 5.74) is 3.94. The zero-order valence-electron chi connectivity index (χ0n) is 17.4. The first kappa shape index (κ1) is 22.4. The molecule has 3 aromatic rings. The van der Waals surface area contributed by atoms with E-state index < -0.39 is 10.0 Å². The Morgan fingerprint density at radius 2 is 1.52 bits per heavy atom. The van der Waals surface area contributed by atoms with Crippen LogP contribution in [0, 0.1) is 13.8 Å². The number of nitrogens with one attached hydrogen (secondary N) is 1. The number of benzene rings is 3. The van der Waals surface area contributed by atoms with Gasteiger partial charge in [0.2, 0.25) is 10.0 Å². The van der Waals surface area contributed by atoms with Crippen molar-refractivity contribution in [2.24, 2.45) is 5.14 Å². The highest BCUT2D eigenvalue weighted by Gasteiger charge is 2.19. The van der Waals surface area contributed by atoms with Gasteiger partial charge in [0.05, 0.1) is 10.5 Å². The molecule has 0 unspecified atom stereocenters. The molecule has 3 rings (SSSR count). The molecule has 31 heavy (non-hydrogen) atoms. The quantitative estimate of drug-likeness (QED) is 0.555. The van der Waals surface area contributed by atoms with Crippen molar-refractivity contribution in [1.29, 1.82) is 0 Å². The summed E-state index contributed by atoms with van der Waals surface area (Å²) in [6, 6.07) is 18.6. The summed E-state index contributed by atoms with van der Waals surface area (Å²) in [5.74, 6) is -0.527. The fourth-order valence-corrected chi connectivity index (χ4v) is 3.78. The van der Waals surface area contributed by atoms with Gasteiger partial charge in [-0.3, -0.25) is 9.59 Å². The largest absolute Gasteiger partial charge is 0.352 e. The fraction of sp³-hybridized carbons (Fsp3) is 0.167. The average Bonchev–Trinajstić information content (AvgIpc) is 2.74. The van der Waals surface area contributed by atoms with Crippen LogP contribution in [0.2, 0.25) is 0 Å². The normalized spacial score (nSPS) is 11.2. The van der Waals surface area contributed by atoms with Crippen molar-refractivity contribution in [2.75, 3.05) is 6.54 Å². The lowest BCUT2D eigenvalue weighted by Gasteiger charge is -2.12. The lowest BCUT2D eigenvalue weighted by Crippen LogP contribution is -2.27. The first-order valence-corrected chi connectivity index (χ1v) is 11.3. The summed E-state index contributed by atoms with van der Waals surface area (Å²) in [5, 5.41) is 7.93. The first-order valence-electron chi connectivity index (χ1n) is 9.78. The van der Waals surface area contributed by atoms with Crippen LogP contribution in [0.4, 0.5) is 0 Å². The SMILES string of the molecule is Cc1ccc(C)c(C(=O)c2ccccc2C(=O)NCCc2ccc(S(N)(=O)=O)cc2)c1. The van der Waals surface area contributed by atoms with E-state index in [1.807, 2.05) is 32.0 Å². The van der Waals surface area contributed by atoms with Crippen molar-refractivity contribution in [3.63, 3.8) is 0 Å². The van der Waals surface area contributed by atoms with E-state index in [9.17, 15) is 18.0 Å². The van der Waals surface area contributed by atoms with Gasteiger partial charge in [0.1, 0.15) is 0 Å². The molecule has 1 amide bonds. The number of carbonyl (C=O) groups is 2. The zero-order valence-corrected chi connectivity index (χ0v) is 18.2. The van der Waals surface area contributed by atoms with E-state index in [1.54, 1.807) is 36.4 Å². The Morgan fingerprint density at radius 1 is 0.871 bits per heavy atom. The summed E-state index contributed by atoms with van der Waals surface area (Å²) in [6.07, 6.45) is 0.504. The van der Waals surface area contributed by atoms with Gasteiger partial charge in [-0.15, -0.1) is 0 Å². The van der Waals surface area contributed by atoms with Crippen molar-refractivity contribution in [3.05, 3.63) is 100 Å². The molecule has 0 saturated heterocycles. The van der Waals surface area contributed by atoms with Gasteiger partial charge in [-0.2, -0.15) is 0 Å². The molecule has 6 nitrogen and oxygen atoms in total. The van der Waals surface area contributed by atoms with Crippen molar-refractivity contribution in [3.8, 4) is 0 Å². The first-order chi connectivity index (χ1) is 14.7. The monoisotopic (exact) mass is 436 g/mol. The van der Waals surface area contributed by atoms with Crippen molar-refractivity contribution in [2.45, 2.75) is 25.2 Å². The molecule has 0 atom stereocenters. The van der Waals surface area contributed by atoms with E-state index in [2.05, 4.69) is 5.32 Å². The summed E-state index contributed by atoms with van der Waals surface area (Å²) in [7, 11) is -3.73. The summed E-state index contributed by atoms with van der Waals surface area (Å²) < 4.78 is 22.7. The van der Waals surface area contributed by atoms with Crippen LogP contribution in [0.15, 0.2) is 71.6 Å².